The lowest BCUT2D eigenvalue weighted by Gasteiger charge is -2.22. The Balaban J connectivity index is 1.37. The smallest absolute Gasteiger partial charge is 0.256 e. The molecule has 0 saturated carbocycles. The Morgan fingerprint density at radius 3 is 2.44 bits per heavy atom. The molecule has 0 aliphatic carbocycles. The second kappa shape index (κ2) is 7.66. The molecule has 27 heavy (non-hydrogen) atoms. The minimum absolute atomic E-state index is 0.0235. The SMILES string of the molecule is CN(C[C@H]1CCN(c2ccccc2)C1)C(=O)c1cnn(-c2ccccc2)c1. The number of aromatic nitrogens is 2. The number of anilines is 1. The Hall–Kier alpha value is -3.08. The standard InChI is InChI=1S/C22H24N4O/c1-24(15-18-12-13-25(16-18)20-8-4-2-5-9-20)22(27)19-14-23-26(17-19)21-10-6-3-7-11-21/h2-11,14,17-18H,12-13,15-16H2,1H3/t18-/m1/s1. The molecule has 0 bridgehead atoms. The minimum Gasteiger partial charge on any atom is -0.371 e. The van der Waals surface area contributed by atoms with Crippen LogP contribution in [0.25, 0.3) is 5.69 Å². The van der Waals surface area contributed by atoms with Crippen molar-refractivity contribution in [3.8, 4) is 5.69 Å². The summed E-state index contributed by atoms with van der Waals surface area (Å²) < 4.78 is 1.74. The highest BCUT2D eigenvalue weighted by atomic mass is 16.2. The van der Waals surface area contributed by atoms with E-state index in [4.69, 9.17) is 0 Å². The van der Waals surface area contributed by atoms with Crippen LogP contribution in [0.2, 0.25) is 0 Å². The van der Waals surface area contributed by atoms with E-state index >= 15 is 0 Å². The highest BCUT2D eigenvalue weighted by Gasteiger charge is 2.25. The summed E-state index contributed by atoms with van der Waals surface area (Å²) in [5.74, 6) is 0.513. The molecule has 4 rings (SSSR count). The van der Waals surface area contributed by atoms with Crippen LogP contribution in [0.15, 0.2) is 73.1 Å². The maximum absolute atomic E-state index is 12.8. The van der Waals surface area contributed by atoms with Gasteiger partial charge in [-0.3, -0.25) is 4.79 Å². The van der Waals surface area contributed by atoms with Gasteiger partial charge in [-0.15, -0.1) is 0 Å². The van der Waals surface area contributed by atoms with Gasteiger partial charge in [0, 0.05) is 38.6 Å². The molecule has 0 spiro atoms. The van der Waals surface area contributed by atoms with Gasteiger partial charge < -0.3 is 9.80 Å². The molecular weight excluding hydrogens is 336 g/mol. The van der Waals surface area contributed by atoms with E-state index in [2.05, 4.69) is 34.3 Å². The lowest BCUT2D eigenvalue weighted by molar-refractivity contribution is 0.0776. The summed E-state index contributed by atoms with van der Waals surface area (Å²) in [6.45, 7) is 2.80. The number of hydrogen-bond acceptors (Lipinski definition) is 3. The van der Waals surface area contributed by atoms with Gasteiger partial charge in [-0.2, -0.15) is 5.10 Å². The molecule has 1 fully saturated rings. The number of carbonyl (C=O) groups excluding carboxylic acids is 1. The Bertz CT molecular complexity index is 891. The minimum atomic E-state index is 0.0235. The van der Waals surface area contributed by atoms with Gasteiger partial charge in [0.15, 0.2) is 0 Å². The van der Waals surface area contributed by atoms with E-state index in [1.807, 2.05) is 48.3 Å². The summed E-state index contributed by atoms with van der Waals surface area (Å²) in [5.41, 5.74) is 2.84. The number of carbonyl (C=O) groups is 1. The Labute approximate surface area is 159 Å². The van der Waals surface area contributed by atoms with E-state index in [1.165, 1.54) is 5.69 Å². The monoisotopic (exact) mass is 360 g/mol. The van der Waals surface area contributed by atoms with Crippen LogP contribution in [0.4, 0.5) is 5.69 Å². The van der Waals surface area contributed by atoms with E-state index in [1.54, 1.807) is 17.1 Å². The molecule has 1 atom stereocenters. The number of para-hydroxylation sites is 2. The highest BCUT2D eigenvalue weighted by molar-refractivity contribution is 5.93. The molecule has 2 heterocycles. The van der Waals surface area contributed by atoms with Gasteiger partial charge in [0.25, 0.3) is 5.91 Å². The van der Waals surface area contributed by atoms with E-state index in [0.29, 0.717) is 11.5 Å². The molecule has 1 aliphatic heterocycles. The molecular formula is C22H24N4O. The first-order chi connectivity index (χ1) is 13.2. The van der Waals surface area contributed by atoms with Gasteiger partial charge in [0.2, 0.25) is 0 Å². The predicted molar refractivity (Wildman–Crippen MR) is 107 cm³/mol. The number of benzene rings is 2. The molecule has 3 aromatic rings. The molecule has 1 aromatic heterocycles. The number of nitrogens with zero attached hydrogens (tertiary/aromatic N) is 4. The topological polar surface area (TPSA) is 41.4 Å². The van der Waals surface area contributed by atoms with Crippen molar-refractivity contribution < 1.29 is 4.79 Å². The van der Waals surface area contributed by atoms with Crippen LogP contribution in [-0.2, 0) is 0 Å². The van der Waals surface area contributed by atoms with Crippen molar-refractivity contribution >= 4 is 11.6 Å². The van der Waals surface area contributed by atoms with Crippen molar-refractivity contribution in [2.45, 2.75) is 6.42 Å². The summed E-state index contributed by atoms with van der Waals surface area (Å²) >= 11 is 0. The van der Waals surface area contributed by atoms with Gasteiger partial charge in [0.05, 0.1) is 17.4 Å². The van der Waals surface area contributed by atoms with Crippen LogP contribution in [0.1, 0.15) is 16.8 Å². The molecule has 138 valence electrons. The Morgan fingerprint density at radius 2 is 1.74 bits per heavy atom. The molecule has 2 aromatic carbocycles. The summed E-state index contributed by atoms with van der Waals surface area (Å²) in [6.07, 6.45) is 4.56. The fourth-order valence-electron chi connectivity index (χ4n) is 3.70. The van der Waals surface area contributed by atoms with Crippen molar-refractivity contribution in [1.82, 2.24) is 14.7 Å². The zero-order valence-electron chi connectivity index (χ0n) is 15.5. The molecule has 1 amide bonds. The second-order valence-corrected chi connectivity index (χ2v) is 7.13. The van der Waals surface area contributed by atoms with Crippen LogP contribution >= 0.6 is 0 Å². The maximum Gasteiger partial charge on any atom is 0.256 e. The number of amides is 1. The number of hydrogen-bond donors (Lipinski definition) is 0. The first kappa shape index (κ1) is 17.3. The fraction of sp³-hybridized carbons (Fsp3) is 0.273. The zero-order valence-corrected chi connectivity index (χ0v) is 15.5. The van der Waals surface area contributed by atoms with Crippen molar-refractivity contribution in [1.29, 1.82) is 0 Å². The Kier molecular flexibility index (Phi) is 4.92. The molecule has 0 unspecified atom stereocenters. The highest BCUT2D eigenvalue weighted by Crippen LogP contribution is 2.24. The van der Waals surface area contributed by atoms with E-state index < -0.39 is 0 Å². The Morgan fingerprint density at radius 1 is 1.07 bits per heavy atom. The summed E-state index contributed by atoms with van der Waals surface area (Å²) in [5, 5.41) is 4.33. The third kappa shape index (κ3) is 3.87. The molecule has 1 aliphatic rings. The predicted octanol–water partition coefficient (Wildman–Crippen LogP) is 3.47. The van der Waals surface area contributed by atoms with Crippen LogP contribution in [0, 0.1) is 5.92 Å². The van der Waals surface area contributed by atoms with Crippen molar-refractivity contribution in [3.63, 3.8) is 0 Å². The first-order valence-electron chi connectivity index (χ1n) is 9.36. The van der Waals surface area contributed by atoms with Gasteiger partial charge >= 0.3 is 0 Å². The quantitative estimate of drug-likeness (QED) is 0.700. The van der Waals surface area contributed by atoms with Crippen molar-refractivity contribution in [2.75, 3.05) is 31.6 Å². The zero-order chi connectivity index (χ0) is 18.6. The lowest BCUT2D eigenvalue weighted by Crippen LogP contribution is -2.33. The normalized spacial score (nSPS) is 16.5. The summed E-state index contributed by atoms with van der Waals surface area (Å²) in [4.78, 5) is 17.0. The molecule has 5 heteroatoms. The van der Waals surface area contributed by atoms with Gasteiger partial charge in [0.1, 0.15) is 0 Å². The fourth-order valence-corrected chi connectivity index (χ4v) is 3.70. The third-order valence-corrected chi connectivity index (χ3v) is 5.14. The van der Waals surface area contributed by atoms with Gasteiger partial charge in [-0.1, -0.05) is 36.4 Å². The maximum atomic E-state index is 12.8. The van der Waals surface area contributed by atoms with Crippen molar-refractivity contribution in [3.05, 3.63) is 78.6 Å². The van der Waals surface area contributed by atoms with E-state index in [9.17, 15) is 4.79 Å². The van der Waals surface area contributed by atoms with Crippen LogP contribution in [0.3, 0.4) is 0 Å². The molecule has 0 radical (unpaired) electrons. The third-order valence-electron chi connectivity index (χ3n) is 5.14. The average Bonchev–Trinajstić information content (AvgIpc) is 3.39. The lowest BCUT2D eigenvalue weighted by atomic mass is 10.1. The van der Waals surface area contributed by atoms with Crippen LogP contribution in [0.5, 0.6) is 0 Å². The van der Waals surface area contributed by atoms with Gasteiger partial charge in [-0.25, -0.2) is 4.68 Å². The summed E-state index contributed by atoms with van der Waals surface area (Å²) in [6, 6.07) is 20.3. The molecule has 1 saturated heterocycles. The number of rotatable bonds is 5. The summed E-state index contributed by atoms with van der Waals surface area (Å²) in [7, 11) is 1.88. The van der Waals surface area contributed by atoms with Crippen LogP contribution in [-0.4, -0.2) is 47.3 Å². The molecule has 0 N–H and O–H groups in total. The largest absolute Gasteiger partial charge is 0.371 e. The first-order valence-corrected chi connectivity index (χ1v) is 9.36. The van der Waals surface area contributed by atoms with Gasteiger partial charge in [-0.05, 0) is 36.6 Å². The average molecular weight is 360 g/mol. The van der Waals surface area contributed by atoms with Crippen LogP contribution < -0.4 is 4.90 Å². The molecule has 5 nitrogen and oxygen atoms in total. The van der Waals surface area contributed by atoms with Crippen molar-refractivity contribution in [2.24, 2.45) is 5.92 Å². The van der Waals surface area contributed by atoms with E-state index in [0.717, 1.165) is 31.7 Å². The van der Waals surface area contributed by atoms with E-state index in [-0.39, 0.29) is 5.91 Å². The second-order valence-electron chi connectivity index (χ2n) is 7.13.